The molecule has 4 nitrogen and oxygen atoms in total. The molecule has 0 radical (unpaired) electrons. The van der Waals surface area contributed by atoms with Crippen LogP contribution in [0.15, 0.2) is 24.5 Å². The third kappa shape index (κ3) is 2.49. The van der Waals surface area contributed by atoms with E-state index in [1.165, 1.54) is 6.20 Å². The second kappa shape index (κ2) is 4.99. The molecular formula is C15H12ClF3N4. The Bertz CT molecular complexity index is 778. The topological polar surface area (TPSA) is 41.1 Å². The minimum absolute atomic E-state index is 0.252. The van der Waals surface area contributed by atoms with E-state index in [-0.39, 0.29) is 5.56 Å². The number of aromatic nitrogens is 2. The SMILES string of the molecule is FC(F)(F)c1cncc(-c2nc3c(cc2Cl)N2CCC(C2)N3)c1. The van der Waals surface area contributed by atoms with Crippen molar-refractivity contribution >= 4 is 23.1 Å². The number of nitrogens with one attached hydrogen (secondary N) is 1. The van der Waals surface area contributed by atoms with Gasteiger partial charge in [0.25, 0.3) is 0 Å². The van der Waals surface area contributed by atoms with Crippen molar-refractivity contribution in [3.8, 4) is 11.3 Å². The Morgan fingerprint density at radius 3 is 2.87 bits per heavy atom. The summed E-state index contributed by atoms with van der Waals surface area (Å²) in [4.78, 5) is 10.3. The van der Waals surface area contributed by atoms with Gasteiger partial charge in [0.2, 0.25) is 0 Å². The van der Waals surface area contributed by atoms with Crippen molar-refractivity contribution in [2.75, 3.05) is 23.3 Å². The van der Waals surface area contributed by atoms with Crippen LogP contribution in [0.3, 0.4) is 0 Å². The maximum Gasteiger partial charge on any atom is 0.417 e. The Kier molecular flexibility index (Phi) is 3.16. The van der Waals surface area contributed by atoms with E-state index in [1.807, 2.05) is 0 Å². The quantitative estimate of drug-likeness (QED) is 0.857. The first kappa shape index (κ1) is 14.6. The number of nitrogens with zero attached hydrogens (tertiary/aromatic N) is 3. The standard InChI is InChI=1S/C15H12ClF3N4/c16-11-4-12-14(21-10-1-2-23(12)7-10)22-13(11)8-3-9(6-20-5-8)15(17,18)19/h3-6,10H,1-2,7H2,(H,21,22). The van der Waals surface area contributed by atoms with Crippen LogP contribution in [0.1, 0.15) is 12.0 Å². The summed E-state index contributed by atoms with van der Waals surface area (Å²) < 4.78 is 38.6. The highest BCUT2D eigenvalue weighted by Gasteiger charge is 2.33. The molecular weight excluding hydrogens is 329 g/mol. The van der Waals surface area contributed by atoms with Gasteiger partial charge in [0.1, 0.15) is 0 Å². The first-order valence-corrected chi connectivity index (χ1v) is 7.54. The van der Waals surface area contributed by atoms with E-state index in [0.29, 0.717) is 22.6 Å². The van der Waals surface area contributed by atoms with Crippen molar-refractivity contribution in [3.05, 3.63) is 35.1 Å². The molecule has 4 rings (SSSR count). The molecule has 2 aliphatic rings. The molecule has 2 aromatic heterocycles. The number of halogens is 4. The number of anilines is 2. The van der Waals surface area contributed by atoms with Gasteiger partial charge in [0, 0.05) is 37.1 Å². The van der Waals surface area contributed by atoms with Gasteiger partial charge in [-0.05, 0) is 18.6 Å². The minimum Gasteiger partial charge on any atom is -0.366 e. The summed E-state index contributed by atoms with van der Waals surface area (Å²) in [7, 11) is 0. The van der Waals surface area contributed by atoms with Crippen LogP contribution in [0.4, 0.5) is 24.7 Å². The Balaban J connectivity index is 1.80. The van der Waals surface area contributed by atoms with Crippen LogP contribution in [-0.2, 0) is 6.18 Å². The molecule has 8 heteroatoms. The van der Waals surface area contributed by atoms with Crippen molar-refractivity contribution in [1.29, 1.82) is 0 Å². The number of fused-ring (bicyclic) bond motifs is 4. The average Bonchev–Trinajstić information content (AvgIpc) is 2.90. The Labute approximate surface area is 135 Å². The first-order chi connectivity index (χ1) is 10.9. The van der Waals surface area contributed by atoms with Gasteiger partial charge in [-0.1, -0.05) is 11.6 Å². The zero-order valence-electron chi connectivity index (χ0n) is 11.9. The lowest BCUT2D eigenvalue weighted by atomic mass is 10.1. The third-order valence-corrected chi connectivity index (χ3v) is 4.45. The van der Waals surface area contributed by atoms with E-state index < -0.39 is 11.7 Å². The molecule has 1 saturated heterocycles. The smallest absolute Gasteiger partial charge is 0.366 e. The molecule has 2 aliphatic heterocycles. The third-order valence-electron chi connectivity index (χ3n) is 4.16. The number of alkyl halides is 3. The van der Waals surface area contributed by atoms with Gasteiger partial charge in [-0.25, -0.2) is 4.98 Å². The molecule has 1 unspecified atom stereocenters. The molecule has 120 valence electrons. The maximum absolute atomic E-state index is 12.9. The predicted octanol–water partition coefficient (Wildman–Crippen LogP) is 3.82. The van der Waals surface area contributed by atoms with E-state index in [2.05, 4.69) is 20.2 Å². The number of pyridine rings is 2. The Morgan fingerprint density at radius 2 is 2.09 bits per heavy atom. The van der Waals surface area contributed by atoms with Crippen molar-refractivity contribution in [3.63, 3.8) is 0 Å². The average molecular weight is 341 g/mol. The van der Waals surface area contributed by atoms with Gasteiger partial charge >= 0.3 is 6.18 Å². The molecule has 23 heavy (non-hydrogen) atoms. The molecule has 2 bridgehead atoms. The summed E-state index contributed by atoms with van der Waals surface area (Å²) in [6.45, 7) is 1.82. The number of rotatable bonds is 1. The van der Waals surface area contributed by atoms with Gasteiger partial charge in [-0.2, -0.15) is 13.2 Å². The second-order valence-corrected chi connectivity index (χ2v) is 6.13. The second-order valence-electron chi connectivity index (χ2n) is 5.72. The normalized spacial score (nSPS) is 19.5. The van der Waals surface area contributed by atoms with Crippen LogP contribution in [0.5, 0.6) is 0 Å². The van der Waals surface area contributed by atoms with Crippen LogP contribution in [-0.4, -0.2) is 29.1 Å². The predicted molar refractivity (Wildman–Crippen MR) is 81.7 cm³/mol. The lowest BCUT2D eigenvalue weighted by Crippen LogP contribution is -2.32. The van der Waals surface area contributed by atoms with Crippen molar-refractivity contribution in [1.82, 2.24) is 9.97 Å². The summed E-state index contributed by atoms with van der Waals surface area (Å²) in [5, 5.41) is 3.63. The molecule has 1 atom stereocenters. The molecule has 0 spiro atoms. The molecule has 1 fully saturated rings. The van der Waals surface area contributed by atoms with Crippen molar-refractivity contribution in [2.45, 2.75) is 18.6 Å². The van der Waals surface area contributed by atoms with Crippen LogP contribution in [0, 0.1) is 0 Å². The summed E-state index contributed by atoms with van der Waals surface area (Å²) in [5.74, 6) is 0.663. The number of hydrogen-bond acceptors (Lipinski definition) is 4. The molecule has 1 N–H and O–H groups in total. The molecule has 2 aromatic rings. The Morgan fingerprint density at radius 1 is 1.26 bits per heavy atom. The van der Waals surface area contributed by atoms with Crippen LogP contribution < -0.4 is 10.2 Å². The van der Waals surface area contributed by atoms with Crippen molar-refractivity contribution < 1.29 is 13.2 Å². The van der Waals surface area contributed by atoms with Gasteiger partial charge in [0.05, 0.1) is 22.0 Å². The van der Waals surface area contributed by atoms with Gasteiger partial charge in [-0.3, -0.25) is 4.98 Å². The van der Waals surface area contributed by atoms with Gasteiger partial charge in [0.15, 0.2) is 5.82 Å². The summed E-state index contributed by atoms with van der Waals surface area (Å²) >= 11 is 6.27. The summed E-state index contributed by atoms with van der Waals surface area (Å²) in [6.07, 6.45) is -1.31. The zero-order chi connectivity index (χ0) is 16.2. The highest BCUT2D eigenvalue weighted by atomic mass is 35.5. The minimum atomic E-state index is -4.45. The van der Waals surface area contributed by atoms with E-state index in [0.717, 1.165) is 37.5 Å². The Hall–Kier alpha value is -2.02. The largest absolute Gasteiger partial charge is 0.417 e. The number of hydrogen-bond donors (Lipinski definition) is 1. The highest BCUT2D eigenvalue weighted by Crippen LogP contribution is 2.40. The lowest BCUT2D eigenvalue weighted by Gasteiger charge is -2.28. The molecule has 4 heterocycles. The summed E-state index contributed by atoms with van der Waals surface area (Å²) in [6, 6.07) is 3.10. The molecule has 0 aromatic carbocycles. The fourth-order valence-corrected chi connectivity index (χ4v) is 3.30. The molecule has 0 saturated carbocycles. The maximum atomic E-state index is 12.9. The highest BCUT2D eigenvalue weighted by molar-refractivity contribution is 6.33. The fourth-order valence-electron chi connectivity index (χ4n) is 3.04. The van der Waals surface area contributed by atoms with Crippen LogP contribution >= 0.6 is 11.6 Å². The summed E-state index contributed by atoms with van der Waals surface area (Å²) in [5.41, 5.74) is 0.635. The van der Waals surface area contributed by atoms with E-state index in [1.54, 1.807) is 6.07 Å². The van der Waals surface area contributed by atoms with Crippen LogP contribution in [0.2, 0.25) is 5.02 Å². The van der Waals surface area contributed by atoms with E-state index >= 15 is 0 Å². The zero-order valence-corrected chi connectivity index (χ0v) is 12.6. The first-order valence-electron chi connectivity index (χ1n) is 7.16. The van der Waals surface area contributed by atoms with Crippen molar-refractivity contribution in [2.24, 2.45) is 0 Å². The van der Waals surface area contributed by atoms with Gasteiger partial charge < -0.3 is 10.2 Å². The lowest BCUT2D eigenvalue weighted by molar-refractivity contribution is -0.137. The van der Waals surface area contributed by atoms with Crippen LogP contribution in [0.25, 0.3) is 11.3 Å². The monoisotopic (exact) mass is 340 g/mol. The van der Waals surface area contributed by atoms with E-state index in [4.69, 9.17) is 11.6 Å². The molecule has 0 amide bonds. The molecule has 0 aliphatic carbocycles. The van der Waals surface area contributed by atoms with Gasteiger partial charge in [-0.15, -0.1) is 0 Å². The van der Waals surface area contributed by atoms with E-state index in [9.17, 15) is 13.2 Å². The fraction of sp³-hybridized carbons (Fsp3) is 0.333.